The number of hydrogen-bond donors (Lipinski definition) is 0. The van der Waals surface area contributed by atoms with Crippen LogP contribution in [0.2, 0.25) is 0 Å². The summed E-state index contributed by atoms with van der Waals surface area (Å²) in [5, 5.41) is 1.17. The summed E-state index contributed by atoms with van der Waals surface area (Å²) in [6, 6.07) is 8.34. The number of piperazine rings is 1. The number of hydrogen-bond acceptors (Lipinski definition) is 4. The first-order valence-corrected chi connectivity index (χ1v) is 7.35. The summed E-state index contributed by atoms with van der Waals surface area (Å²) in [4.78, 5) is 14.3. The first kappa shape index (κ1) is 13.3. The molecule has 0 unspecified atom stereocenters. The summed E-state index contributed by atoms with van der Waals surface area (Å²) in [6.07, 6.45) is 0. The third-order valence-electron chi connectivity index (χ3n) is 3.92. The fraction of sp³-hybridized carbons (Fsp3) is 0.500. The molecule has 3 rings (SSSR count). The molecule has 0 bridgehead atoms. The van der Waals surface area contributed by atoms with Crippen molar-refractivity contribution in [2.75, 3.05) is 38.1 Å². The fourth-order valence-corrected chi connectivity index (χ4v) is 2.59. The molecule has 1 fully saturated rings. The van der Waals surface area contributed by atoms with E-state index in [4.69, 9.17) is 9.97 Å². The molecule has 2 heterocycles. The van der Waals surface area contributed by atoms with Gasteiger partial charge in [0.15, 0.2) is 0 Å². The summed E-state index contributed by atoms with van der Waals surface area (Å²) in [5.41, 5.74) is 1.06. The van der Waals surface area contributed by atoms with Crippen LogP contribution < -0.4 is 4.90 Å². The number of aromatic nitrogens is 2. The molecule has 0 saturated carbocycles. The maximum atomic E-state index is 4.85. The van der Waals surface area contributed by atoms with Crippen molar-refractivity contribution < 1.29 is 0 Å². The molecular formula is C16H22N4. The highest BCUT2D eigenvalue weighted by atomic mass is 15.3. The number of fused-ring (bicyclic) bond motifs is 1. The molecule has 0 aliphatic carbocycles. The lowest BCUT2D eigenvalue weighted by Crippen LogP contribution is -2.45. The van der Waals surface area contributed by atoms with Gasteiger partial charge in [0.05, 0.1) is 5.52 Å². The van der Waals surface area contributed by atoms with Crippen molar-refractivity contribution in [1.82, 2.24) is 14.9 Å². The van der Waals surface area contributed by atoms with Crippen molar-refractivity contribution >= 4 is 16.7 Å². The highest BCUT2D eigenvalue weighted by molar-refractivity contribution is 5.89. The summed E-state index contributed by atoms with van der Waals surface area (Å²) in [5.74, 6) is 2.40. The highest BCUT2D eigenvalue weighted by Crippen LogP contribution is 2.26. The van der Waals surface area contributed by atoms with Gasteiger partial charge in [0, 0.05) is 37.5 Å². The van der Waals surface area contributed by atoms with E-state index in [2.05, 4.69) is 48.9 Å². The number of rotatable bonds is 2. The zero-order valence-electron chi connectivity index (χ0n) is 12.5. The molecule has 1 saturated heterocycles. The minimum absolute atomic E-state index is 0.353. The smallest absolute Gasteiger partial charge is 0.140 e. The Morgan fingerprint density at radius 1 is 1.00 bits per heavy atom. The molecule has 1 aromatic carbocycles. The third kappa shape index (κ3) is 2.48. The van der Waals surface area contributed by atoms with Crippen LogP contribution in [0.15, 0.2) is 24.3 Å². The van der Waals surface area contributed by atoms with Crippen LogP contribution in [0.5, 0.6) is 0 Å². The van der Waals surface area contributed by atoms with Gasteiger partial charge in [-0.15, -0.1) is 0 Å². The minimum atomic E-state index is 0.353. The van der Waals surface area contributed by atoms with Crippen LogP contribution >= 0.6 is 0 Å². The van der Waals surface area contributed by atoms with Crippen LogP contribution in [0, 0.1) is 0 Å². The normalized spacial score (nSPS) is 17.1. The first-order valence-electron chi connectivity index (χ1n) is 7.35. The Bertz CT molecular complexity index is 600. The van der Waals surface area contributed by atoms with Gasteiger partial charge < -0.3 is 9.80 Å². The van der Waals surface area contributed by atoms with Gasteiger partial charge >= 0.3 is 0 Å². The molecule has 0 amide bonds. The minimum Gasteiger partial charge on any atom is -0.353 e. The van der Waals surface area contributed by atoms with Crippen molar-refractivity contribution in [3.05, 3.63) is 30.1 Å². The van der Waals surface area contributed by atoms with E-state index in [0.29, 0.717) is 5.92 Å². The molecule has 4 nitrogen and oxygen atoms in total. The molecule has 1 aromatic heterocycles. The lowest BCUT2D eigenvalue weighted by Gasteiger charge is -2.34. The van der Waals surface area contributed by atoms with Crippen LogP contribution in [-0.2, 0) is 0 Å². The average molecular weight is 270 g/mol. The first-order chi connectivity index (χ1) is 9.65. The number of nitrogens with zero attached hydrogens (tertiary/aromatic N) is 4. The van der Waals surface area contributed by atoms with Gasteiger partial charge in [-0.05, 0) is 19.2 Å². The van der Waals surface area contributed by atoms with Crippen LogP contribution in [0.1, 0.15) is 25.6 Å². The Kier molecular flexibility index (Phi) is 3.57. The predicted molar refractivity (Wildman–Crippen MR) is 83.3 cm³/mol. The van der Waals surface area contributed by atoms with E-state index in [0.717, 1.165) is 43.3 Å². The van der Waals surface area contributed by atoms with E-state index in [-0.39, 0.29) is 0 Å². The molecule has 0 radical (unpaired) electrons. The van der Waals surface area contributed by atoms with Gasteiger partial charge in [0.1, 0.15) is 11.6 Å². The second-order valence-corrected chi connectivity index (χ2v) is 5.87. The van der Waals surface area contributed by atoms with Gasteiger partial charge in [-0.1, -0.05) is 26.0 Å². The molecule has 0 spiro atoms. The summed E-state index contributed by atoms with van der Waals surface area (Å²) < 4.78 is 0. The Labute approximate surface area is 120 Å². The van der Waals surface area contributed by atoms with Gasteiger partial charge in [0.2, 0.25) is 0 Å². The van der Waals surface area contributed by atoms with E-state index in [1.807, 2.05) is 6.07 Å². The van der Waals surface area contributed by atoms with Gasteiger partial charge in [-0.3, -0.25) is 0 Å². The molecule has 0 N–H and O–H groups in total. The third-order valence-corrected chi connectivity index (χ3v) is 3.92. The molecule has 0 atom stereocenters. The van der Waals surface area contributed by atoms with Crippen LogP contribution in [0.3, 0.4) is 0 Å². The summed E-state index contributed by atoms with van der Waals surface area (Å²) >= 11 is 0. The summed E-state index contributed by atoms with van der Waals surface area (Å²) in [6.45, 7) is 8.56. The SMILES string of the molecule is CC(C)c1nc(N2CCN(C)CC2)c2ccccc2n1. The van der Waals surface area contributed by atoms with E-state index in [1.54, 1.807) is 0 Å². The monoisotopic (exact) mass is 270 g/mol. The lowest BCUT2D eigenvalue weighted by atomic mass is 10.1. The topological polar surface area (TPSA) is 32.3 Å². The average Bonchev–Trinajstić information content (AvgIpc) is 2.47. The molecule has 1 aliphatic heterocycles. The second kappa shape index (κ2) is 5.37. The van der Waals surface area contributed by atoms with Crippen LogP contribution in [0.25, 0.3) is 10.9 Å². The fourth-order valence-electron chi connectivity index (χ4n) is 2.59. The largest absolute Gasteiger partial charge is 0.353 e. The quantitative estimate of drug-likeness (QED) is 0.839. The maximum absolute atomic E-state index is 4.85. The number of benzene rings is 1. The van der Waals surface area contributed by atoms with Gasteiger partial charge in [-0.2, -0.15) is 0 Å². The summed E-state index contributed by atoms with van der Waals surface area (Å²) in [7, 11) is 2.18. The molecule has 2 aromatic rings. The highest BCUT2D eigenvalue weighted by Gasteiger charge is 2.19. The molecule has 4 heteroatoms. The number of para-hydroxylation sites is 1. The van der Waals surface area contributed by atoms with E-state index in [9.17, 15) is 0 Å². The van der Waals surface area contributed by atoms with E-state index >= 15 is 0 Å². The lowest BCUT2D eigenvalue weighted by molar-refractivity contribution is 0.312. The Hall–Kier alpha value is -1.68. The zero-order chi connectivity index (χ0) is 14.1. The molecule has 20 heavy (non-hydrogen) atoms. The molecule has 106 valence electrons. The van der Waals surface area contributed by atoms with Crippen molar-refractivity contribution in [3.8, 4) is 0 Å². The number of anilines is 1. The second-order valence-electron chi connectivity index (χ2n) is 5.87. The van der Waals surface area contributed by atoms with Crippen molar-refractivity contribution in [3.63, 3.8) is 0 Å². The Balaban J connectivity index is 2.07. The number of likely N-dealkylation sites (N-methyl/N-ethyl adjacent to an activating group) is 1. The molecular weight excluding hydrogens is 248 g/mol. The van der Waals surface area contributed by atoms with Gasteiger partial charge in [0.25, 0.3) is 0 Å². The maximum Gasteiger partial charge on any atom is 0.140 e. The Morgan fingerprint density at radius 3 is 2.40 bits per heavy atom. The predicted octanol–water partition coefficient (Wildman–Crippen LogP) is 2.51. The van der Waals surface area contributed by atoms with E-state index in [1.165, 1.54) is 5.39 Å². The molecule has 1 aliphatic rings. The van der Waals surface area contributed by atoms with Crippen LogP contribution in [0.4, 0.5) is 5.82 Å². The van der Waals surface area contributed by atoms with Gasteiger partial charge in [-0.25, -0.2) is 9.97 Å². The zero-order valence-corrected chi connectivity index (χ0v) is 12.5. The van der Waals surface area contributed by atoms with Crippen molar-refractivity contribution in [1.29, 1.82) is 0 Å². The standard InChI is InChI=1S/C16H22N4/c1-12(2)15-17-14-7-5-4-6-13(14)16(18-15)20-10-8-19(3)9-11-20/h4-7,12H,8-11H2,1-3H3. The Morgan fingerprint density at radius 2 is 1.70 bits per heavy atom. The van der Waals surface area contributed by atoms with Crippen molar-refractivity contribution in [2.24, 2.45) is 0 Å². The van der Waals surface area contributed by atoms with Crippen LogP contribution in [-0.4, -0.2) is 48.1 Å². The van der Waals surface area contributed by atoms with Crippen molar-refractivity contribution in [2.45, 2.75) is 19.8 Å². The van der Waals surface area contributed by atoms with E-state index < -0.39 is 0 Å².